The Bertz CT molecular complexity index is 2910. The molecular weight excluding hydrogens is 958 g/mol. The normalized spacial score (nSPS) is 25.4. The van der Waals surface area contributed by atoms with Gasteiger partial charge in [-0.25, -0.2) is 8.78 Å². The quantitative estimate of drug-likeness (QED) is 0.150. The minimum Gasteiger partial charge on any atom is -0.473 e. The summed E-state index contributed by atoms with van der Waals surface area (Å²) in [4.78, 5) is 24.2. The van der Waals surface area contributed by atoms with Crippen molar-refractivity contribution in [3.05, 3.63) is 87.8 Å². The molecule has 2 aromatic carbocycles. The lowest BCUT2D eigenvalue weighted by molar-refractivity contribution is -0.479. The lowest BCUT2D eigenvalue weighted by atomic mass is 9.77. The van der Waals surface area contributed by atoms with Gasteiger partial charge in [0.05, 0.1) is 35.3 Å². The fourth-order valence-electron chi connectivity index (χ4n) is 13.5. The van der Waals surface area contributed by atoms with E-state index in [1.165, 1.54) is 0 Å². The Labute approximate surface area is 439 Å². The highest BCUT2D eigenvalue weighted by Crippen LogP contribution is 2.47. The molecule has 0 bridgehead atoms. The zero-order chi connectivity index (χ0) is 51.5. The molecular formula is C57H70ClF2N12O2+. The SMILES string of the molecule is CC(=O)N1CCC2=C(C1)C(N1CCCc3cc(-c4cnn(C)c4)c(C(F)F)cc31)=N/[N+]2=C/C1CCC(CN2CCC(Oc3ccc(N4CCC5(CC4)C[C@H](C)N(c4ccc(C#N)c(Cl)c4)C5)nn3)CC2(C)C)CC1. The molecule has 3 saturated heterocycles. The molecule has 6 aliphatic heterocycles. The van der Waals surface area contributed by atoms with E-state index in [0.29, 0.717) is 71.5 Å². The second kappa shape index (κ2) is 20.3. The van der Waals surface area contributed by atoms with E-state index in [4.69, 9.17) is 21.4 Å². The summed E-state index contributed by atoms with van der Waals surface area (Å²) in [7, 11) is 1.80. The fraction of sp³-hybridized carbons (Fsp3) is 0.561. The van der Waals surface area contributed by atoms with Crippen LogP contribution in [0.25, 0.3) is 11.1 Å². The summed E-state index contributed by atoms with van der Waals surface area (Å²) in [6.07, 6.45) is 15.1. The van der Waals surface area contributed by atoms with E-state index in [1.807, 2.05) is 35.2 Å². The highest BCUT2D eigenvalue weighted by Gasteiger charge is 2.46. The highest BCUT2D eigenvalue weighted by molar-refractivity contribution is 6.32. The molecule has 4 aromatic rings. The number of halogens is 3. The highest BCUT2D eigenvalue weighted by atomic mass is 35.5. The number of hydrazone groups is 1. The van der Waals surface area contributed by atoms with Crippen molar-refractivity contribution >= 4 is 46.8 Å². The Morgan fingerprint density at radius 1 is 1.00 bits per heavy atom. The molecule has 74 heavy (non-hydrogen) atoms. The van der Waals surface area contributed by atoms with Gasteiger partial charge in [0, 0.05) is 124 Å². The summed E-state index contributed by atoms with van der Waals surface area (Å²) in [6.45, 7) is 15.3. The second-order valence-corrected chi connectivity index (χ2v) is 23.4. The van der Waals surface area contributed by atoms with E-state index >= 15 is 0 Å². The van der Waals surface area contributed by atoms with Crippen molar-refractivity contribution in [3.63, 3.8) is 0 Å². The van der Waals surface area contributed by atoms with Gasteiger partial charge in [0.1, 0.15) is 12.2 Å². The molecule has 1 saturated carbocycles. The van der Waals surface area contributed by atoms with Crippen LogP contribution >= 0.6 is 11.6 Å². The Morgan fingerprint density at radius 3 is 2.50 bits per heavy atom. The lowest BCUT2D eigenvalue weighted by Gasteiger charge is -2.47. The Balaban J connectivity index is 0.687. The topological polar surface area (TPSA) is 125 Å². The monoisotopic (exact) mass is 1030 g/mol. The number of aryl methyl sites for hydroxylation is 2. The number of ether oxygens (including phenoxy) is 1. The predicted octanol–water partition coefficient (Wildman–Crippen LogP) is 10.0. The maximum atomic E-state index is 14.8. The van der Waals surface area contributed by atoms with Crippen LogP contribution in [0.2, 0.25) is 5.02 Å². The first kappa shape index (κ1) is 50.2. The van der Waals surface area contributed by atoms with E-state index in [2.05, 4.69) is 78.7 Å². The number of likely N-dealkylation sites (tertiary alicyclic amines) is 1. The molecule has 11 rings (SSSR count). The summed E-state index contributed by atoms with van der Waals surface area (Å²) in [6, 6.07) is 16.0. The number of fused-ring (bicyclic) bond motifs is 1. The van der Waals surface area contributed by atoms with E-state index in [0.717, 1.165) is 143 Å². The fourth-order valence-corrected chi connectivity index (χ4v) is 13.7. The van der Waals surface area contributed by atoms with Crippen LogP contribution in [-0.2, 0) is 18.3 Å². The molecule has 17 heteroatoms. The van der Waals surface area contributed by atoms with Crippen LogP contribution in [0, 0.1) is 28.6 Å². The van der Waals surface area contributed by atoms with Crippen LogP contribution in [-0.4, -0.2) is 122 Å². The van der Waals surface area contributed by atoms with E-state index in [-0.39, 0.29) is 28.5 Å². The number of carbonyl (C=O) groups excluding carboxylic acids is 1. The number of rotatable bonds is 9. The van der Waals surface area contributed by atoms with Gasteiger partial charge in [0.15, 0.2) is 12.0 Å². The van der Waals surface area contributed by atoms with Gasteiger partial charge in [-0.2, -0.15) is 10.4 Å². The standard InChI is InChI=1S/C57H70ClF2N12O2/c1-37-28-57(36-71(37)44-13-12-42(30-61)49(58)26-44)18-23-67(24-19-57)52-14-15-53(64-63-52)74-45-16-22-69(56(3,4)29-45)32-39-8-10-40(11-9-39)33-72-50-17-21-68(38(2)73)35-48(50)55(65-72)70-20-6-7-41-25-46(43-31-62-66(5)34-43)47(54(59)60)27-51(41)70/h12-15,25-27,31,33-34,37,39-40,45,54H,6-11,16-24,28-29,32,35-36H2,1-5H3/q+1/b72-33+/t37-,39?,40?,45?/m0/s1. The van der Waals surface area contributed by atoms with Gasteiger partial charge in [-0.15, -0.1) is 10.2 Å². The van der Waals surface area contributed by atoms with Gasteiger partial charge < -0.3 is 24.3 Å². The maximum absolute atomic E-state index is 14.8. The third-order valence-corrected chi connectivity index (χ3v) is 18.0. The van der Waals surface area contributed by atoms with Crippen molar-refractivity contribution in [1.82, 2.24) is 29.8 Å². The number of alkyl halides is 2. The number of amidine groups is 1. The number of nitriles is 1. The smallest absolute Gasteiger partial charge is 0.264 e. The number of amides is 1. The number of benzene rings is 2. The van der Waals surface area contributed by atoms with Crippen LogP contribution in [0.4, 0.5) is 26.0 Å². The third kappa shape index (κ3) is 10.0. The first-order valence-corrected chi connectivity index (χ1v) is 27.4. The van der Waals surface area contributed by atoms with Gasteiger partial charge in [0.25, 0.3) is 6.43 Å². The molecule has 1 spiro atoms. The van der Waals surface area contributed by atoms with Crippen LogP contribution in [0.15, 0.2) is 71.2 Å². The molecule has 0 radical (unpaired) electrons. The van der Waals surface area contributed by atoms with Gasteiger partial charge in [-0.1, -0.05) is 16.3 Å². The number of hydrogen-bond acceptors (Lipinski definition) is 11. The van der Waals surface area contributed by atoms with Crippen molar-refractivity contribution in [2.45, 2.75) is 129 Å². The minimum atomic E-state index is -2.65. The van der Waals surface area contributed by atoms with Gasteiger partial charge in [-0.05, 0) is 144 Å². The van der Waals surface area contributed by atoms with Gasteiger partial charge >= 0.3 is 0 Å². The molecule has 390 valence electrons. The average Bonchev–Trinajstić information content (AvgIpc) is 4.08. The second-order valence-electron chi connectivity index (χ2n) is 23.0. The molecule has 1 amide bonds. The summed E-state index contributed by atoms with van der Waals surface area (Å²) < 4.78 is 39.9. The third-order valence-electron chi connectivity index (χ3n) is 17.6. The summed E-state index contributed by atoms with van der Waals surface area (Å²) in [5.74, 6) is 3.26. The molecule has 7 aliphatic rings. The number of carbonyl (C=O) groups is 1. The zero-order valence-corrected chi connectivity index (χ0v) is 44.4. The lowest BCUT2D eigenvalue weighted by Crippen LogP contribution is -2.54. The van der Waals surface area contributed by atoms with E-state index in [9.17, 15) is 18.8 Å². The minimum absolute atomic E-state index is 0.00729. The molecule has 1 aliphatic carbocycles. The largest absolute Gasteiger partial charge is 0.473 e. The molecule has 1 unspecified atom stereocenters. The molecule has 2 aromatic heterocycles. The van der Waals surface area contributed by atoms with Crippen molar-refractivity contribution in [2.24, 2.45) is 29.4 Å². The van der Waals surface area contributed by atoms with E-state index in [1.54, 1.807) is 37.1 Å². The number of piperidine rings is 2. The van der Waals surface area contributed by atoms with Gasteiger partial charge in [0.2, 0.25) is 23.3 Å². The van der Waals surface area contributed by atoms with Crippen molar-refractivity contribution in [1.29, 1.82) is 5.26 Å². The Hall–Kier alpha value is -5.92. The van der Waals surface area contributed by atoms with Crippen LogP contribution in [0.3, 0.4) is 0 Å². The summed E-state index contributed by atoms with van der Waals surface area (Å²) >= 11 is 6.42. The van der Waals surface area contributed by atoms with Crippen LogP contribution in [0.5, 0.6) is 5.88 Å². The first-order valence-electron chi connectivity index (χ1n) is 27.0. The number of anilines is 3. The molecule has 2 atom stereocenters. The zero-order valence-electron chi connectivity index (χ0n) is 43.6. The number of nitrogens with zero attached hydrogens (tertiary/aromatic N) is 12. The Kier molecular flexibility index (Phi) is 13.8. The molecule has 0 N–H and O–H groups in total. The average molecular weight is 1030 g/mol. The van der Waals surface area contributed by atoms with Crippen molar-refractivity contribution < 1.29 is 23.0 Å². The van der Waals surface area contributed by atoms with E-state index < -0.39 is 6.43 Å². The molecule has 8 heterocycles. The van der Waals surface area contributed by atoms with Crippen molar-refractivity contribution in [2.75, 3.05) is 67.1 Å². The first-order chi connectivity index (χ1) is 35.6. The number of hydrogen-bond donors (Lipinski definition) is 0. The number of aromatic nitrogens is 4. The molecule has 14 nitrogen and oxygen atoms in total. The predicted molar refractivity (Wildman–Crippen MR) is 285 cm³/mol. The summed E-state index contributed by atoms with van der Waals surface area (Å²) in [5.41, 5.74) is 6.96. The van der Waals surface area contributed by atoms with Gasteiger partial charge in [-0.3, -0.25) is 14.4 Å². The van der Waals surface area contributed by atoms with Crippen molar-refractivity contribution in [3.8, 4) is 23.1 Å². The van der Waals surface area contributed by atoms with Crippen LogP contribution < -0.4 is 19.4 Å². The van der Waals surface area contributed by atoms with Crippen LogP contribution in [0.1, 0.15) is 121 Å². The molecule has 4 fully saturated rings. The Morgan fingerprint density at radius 2 is 1.81 bits per heavy atom. The summed E-state index contributed by atoms with van der Waals surface area (Å²) in [5, 5.41) is 28.7. The maximum Gasteiger partial charge on any atom is 0.264 e.